The van der Waals surface area contributed by atoms with E-state index in [0.29, 0.717) is 11.3 Å². The highest BCUT2D eigenvalue weighted by atomic mass is 32.1. The van der Waals surface area contributed by atoms with E-state index in [4.69, 9.17) is 4.98 Å². The summed E-state index contributed by atoms with van der Waals surface area (Å²) in [6, 6.07) is 10.8. The minimum Gasteiger partial charge on any atom is -0.393 e. The van der Waals surface area contributed by atoms with E-state index in [0.717, 1.165) is 30.6 Å². The van der Waals surface area contributed by atoms with Gasteiger partial charge in [0, 0.05) is 17.2 Å². The molecular formula is C27H35NOS. The lowest BCUT2D eigenvalue weighted by Crippen LogP contribution is -2.52. The zero-order valence-electron chi connectivity index (χ0n) is 18.4. The van der Waals surface area contributed by atoms with Crippen molar-refractivity contribution in [2.45, 2.75) is 83.7 Å². The molecule has 0 spiro atoms. The van der Waals surface area contributed by atoms with Crippen molar-refractivity contribution in [1.29, 1.82) is 0 Å². The number of hydrogen-bond donors (Lipinski definition) is 1. The average molecular weight is 422 g/mol. The van der Waals surface area contributed by atoms with Gasteiger partial charge in [-0.2, -0.15) is 0 Å². The normalized spacial score (nSPS) is 42.2. The van der Waals surface area contributed by atoms with E-state index in [1.54, 1.807) is 4.88 Å². The first kappa shape index (κ1) is 19.5. The summed E-state index contributed by atoms with van der Waals surface area (Å²) in [5, 5.41) is 12.0. The maximum Gasteiger partial charge on any atom is 0.0975 e. The van der Waals surface area contributed by atoms with E-state index in [1.165, 1.54) is 61.2 Å². The first-order chi connectivity index (χ1) is 14.5. The third-order valence-corrected chi connectivity index (χ3v) is 11.2. The molecule has 3 fully saturated rings. The number of aliphatic hydroxyl groups is 1. The maximum absolute atomic E-state index is 10.7. The standard InChI is InChI=1S/C27H35NOS/c1-26-15-13-22-25(30-24(28-22)16-17-6-4-3-5-7-17)21(26)9-8-18-19-10-11-23(29)27(19,2)14-12-20(18)26/h3-7,18-21,23,29H,8-16H2,1-2H3/t18-,19-,20-,21-,23-,26+,27-/m0/s1. The molecule has 4 aliphatic rings. The summed E-state index contributed by atoms with van der Waals surface area (Å²) in [4.78, 5) is 6.76. The molecule has 1 N–H and O–H groups in total. The predicted molar refractivity (Wildman–Crippen MR) is 123 cm³/mol. The van der Waals surface area contributed by atoms with E-state index in [2.05, 4.69) is 44.2 Å². The van der Waals surface area contributed by atoms with Gasteiger partial charge in [-0.3, -0.25) is 0 Å². The number of fused-ring (bicyclic) bond motifs is 7. The smallest absolute Gasteiger partial charge is 0.0975 e. The Morgan fingerprint density at radius 2 is 1.77 bits per heavy atom. The molecule has 7 atom stereocenters. The molecule has 0 aliphatic heterocycles. The second kappa shape index (κ2) is 6.90. The van der Waals surface area contributed by atoms with Gasteiger partial charge in [0.25, 0.3) is 0 Å². The summed E-state index contributed by atoms with van der Waals surface area (Å²) in [5.74, 6) is 3.13. The van der Waals surface area contributed by atoms with Gasteiger partial charge in [-0.05, 0) is 85.5 Å². The molecule has 0 saturated heterocycles. The van der Waals surface area contributed by atoms with Crippen LogP contribution < -0.4 is 0 Å². The molecule has 4 aliphatic carbocycles. The van der Waals surface area contributed by atoms with E-state index in [1.807, 2.05) is 11.3 Å². The highest BCUT2D eigenvalue weighted by Gasteiger charge is 2.60. The van der Waals surface area contributed by atoms with Crippen LogP contribution in [0.15, 0.2) is 30.3 Å². The molecule has 1 aromatic heterocycles. The first-order valence-electron chi connectivity index (χ1n) is 12.2. The van der Waals surface area contributed by atoms with Gasteiger partial charge in [-0.25, -0.2) is 4.98 Å². The number of aliphatic hydroxyl groups excluding tert-OH is 1. The van der Waals surface area contributed by atoms with Gasteiger partial charge in [-0.15, -0.1) is 11.3 Å². The van der Waals surface area contributed by atoms with Gasteiger partial charge in [0.15, 0.2) is 0 Å². The molecular weight excluding hydrogens is 386 g/mol. The van der Waals surface area contributed by atoms with Crippen molar-refractivity contribution < 1.29 is 5.11 Å². The van der Waals surface area contributed by atoms with Crippen LogP contribution in [-0.4, -0.2) is 16.2 Å². The van der Waals surface area contributed by atoms with E-state index < -0.39 is 0 Å². The maximum atomic E-state index is 10.7. The van der Waals surface area contributed by atoms with Crippen LogP contribution in [0.1, 0.15) is 85.9 Å². The molecule has 0 amide bonds. The molecule has 0 bridgehead atoms. The number of aryl methyl sites for hydroxylation is 1. The van der Waals surface area contributed by atoms with Crippen molar-refractivity contribution in [2.75, 3.05) is 0 Å². The zero-order chi connectivity index (χ0) is 20.5. The number of rotatable bonds is 2. The fourth-order valence-corrected chi connectivity index (χ4v) is 9.76. The molecule has 1 heterocycles. The Morgan fingerprint density at radius 3 is 2.60 bits per heavy atom. The van der Waals surface area contributed by atoms with Crippen LogP contribution >= 0.6 is 11.3 Å². The predicted octanol–water partition coefficient (Wildman–Crippen LogP) is 6.37. The fraction of sp³-hybridized carbons (Fsp3) is 0.667. The van der Waals surface area contributed by atoms with Crippen LogP contribution in [0, 0.1) is 28.6 Å². The van der Waals surface area contributed by atoms with E-state index in [9.17, 15) is 5.11 Å². The van der Waals surface area contributed by atoms with Crippen molar-refractivity contribution in [3.8, 4) is 0 Å². The minimum absolute atomic E-state index is 0.0611. The lowest BCUT2D eigenvalue weighted by atomic mass is 9.45. The molecule has 6 rings (SSSR count). The minimum atomic E-state index is -0.0611. The highest BCUT2D eigenvalue weighted by Crippen LogP contribution is 2.67. The lowest BCUT2D eigenvalue weighted by molar-refractivity contribution is -0.0985. The molecule has 30 heavy (non-hydrogen) atoms. The monoisotopic (exact) mass is 421 g/mol. The van der Waals surface area contributed by atoms with Gasteiger partial charge in [0.1, 0.15) is 0 Å². The molecule has 3 heteroatoms. The molecule has 2 nitrogen and oxygen atoms in total. The third-order valence-electron chi connectivity index (χ3n) is 10.0. The molecule has 3 saturated carbocycles. The molecule has 1 aromatic carbocycles. The largest absolute Gasteiger partial charge is 0.393 e. The average Bonchev–Trinajstić information content (AvgIpc) is 3.28. The molecule has 0 radical (unpaired) electrons. The highest BCUT2D eigenvalue weighted by molar-refractivity contribution is 7.11. The van der Waals surface area contributed by atoms with Gasteiger partial charge in [0.2, 0.25) is 0 Å². The SMILES string of the molecule is C[C@]12CCc3nc(Cc4ccccc4)sc3[C@@H]1CC[C@@H]1[C@@H]2CC[C@]2(C)[C@@H](O)CC[C@@H]12. The Morgan fingerprint density at radius 1 is 0.967 bits per heavy atom. The van der Waals surface area contributed by atoms with Crippen molar-refractivity contribution in [2.24, 2.45) is 28.6 Å². The number of benzene rings is 1. The van der Waals surface area contributed by atoms with E-state index in [-0.39, 0.29) is 11.5 Å². The van der Waals surface area contributed by atoms with Crippen LogP contribution in [0.3, 0.4) is 0 Å². The number of thiazole rings is 1. The second-order valence-electron chi connectivity index (χ2n) is 11.2. The van der Waals surface area contributed by atoms with Crippen LogP contribution in [0.25, 0.3) is 0 Å². The summed E-state index contributed by atoms with van der Waals surface area (Å²) in [6.07, 6.45) is 10.9. The zero-order valence-corrected chi connectivity index (χ0v) is 19.3. The Kier molecular flexibility index (Phi) is 4.49. The van der Waals surface area contributed by atoms with Crippen molar-refractivity contribution in [1.82, 2.24) is 4.98 Å². The van der Waals surface area contributed by atoms with Gasteiger partial charge in [-0.1, -0.05) is 44.2 Å². The summed E-state index contributed by atoms with van der Waals surface area (Å²) < 4.78 is 0. The van der Waals surface area contributed by atoms with Crippen molar-refractivity contribution in [3.63, 3.8) is 0 Å². The van der Waals surface area contributed by atoms with Gasteiger partial charge >= 0.3 is 0 Å². The Bertz CT molecular complexity index is 938. The first-order valence-corrected chi connectivity index (χ1v) is 13.0. The van der Waals surface area contributed by atoms with Crippen LogP contribution in [0.5, 0.6) is 0 Å². The Labute approximate surface area is 185 Å². The Balaban J connectivity index is 1.29. The molecule has 0 unspecified atom stereocenters. The summed E-state index contributed by atoms with van der Waals surface area (Å²) in [5.41, 5.74) is 3.42. The van der Waals surface area contributed by atoms with Crippen LogP contribution in [0.2, 0.25) is 0 Å². The van der Waals surface area contributed by atoms with Gasteiger partial charge in [0.05, 0.1) is 16.8 Å². The van der Waals surface area contributed by atoms with Crippen LogP contribution in [0.4, 0.5) is 0 Å². The van der Waals surface area contributed by atoms with Crippen LogP contribution in [-0.2, 0) is 12.8 Å². The Hall–Kier alpha value is -1.19. The lowest BCUT2D eigenvalue weighted by Gasteiger charge is -2.59. The number of aromatic nitrogens is 1. The fourth-order valence-electron chi connectivity index (χ4n) is 8.32. The molecule has 160 valence electrons. The summed E-state index contributed by atoms with van der Waals surface area (Å²) >= 11 is 2.02. The quantitative estimate of drug-likeness (QED) is 0.611. The van der Waals surface area contributed by atoms with Gasteiger partial charge < -0.3 is 5.11 Å². The second-order valence-corrected chi connectivity index (χ2v) is 12.3. The van der Waals surface area contributed by atoms with E-state index >= 15 is 0 Å². The van der Waals surface area contributed by atoms with Crippen molar-refractivity contribution in [3.05, 3.63) is 51.5 Å². The topological polar surface area (TPSA) is 33.1 Å². The molecule has 2 aromatic rings. The van der Waals surface area contributed by atoms with Crippen molar-refractivity contribution >= 4 is 11.3 Å². The number of nitrogens with zero attached hydrogens (tertiary/aromatic N) is 1. The summed E-state index contributed by atoms with van der Waals surface area (Å²) in [6.45, 7) is 5.03. The number of hydrogen-bond acceptors (Lipinski definition) is 3. The summed E-state index contributed by atoms with van der Waals surface area (Å²) in [7, 11) is 0. The third kappa shape index (κ3) is 2.73.